The summed E-state index contributed by atoms with van der Waals surface area (Å²) in [5, 5.41) is 0.619. The van der Waals surface area contributed by atoms with Crippen LogP contribution in [0, 0.1) is 0 Å². The van der Waals surface area contributed by atoms with Gasteiger partial charge in [-0.3, -0.25) is 14.3 Å². The van der Waals surface area contributed by atoms with Crippen molar-refractivity contribution < 1.29 is 22.7 Å². The number of amides is 1. The molecule has 3 heterocycles. The number of benzene rings is 2. The number of nitrogens with zero attached hydrogens (tertiary/aromatic N) is 3. The molecule has 38 heavy (non-hydrogen) atoms. The van der Waals surface area contributed by atoms with E-state index in [9.17, 15) is 18.0 Å². The summed E-state index contributed by atoms with van der Waals surface area (Å²) in [4.78, 5) is 19.2. The molecule has 0 saturated carbocycles. The second-order valence-electron chi connectivity index (χ2n) is 9.54. The fourth-order valence-electron chi connectivity index (χ4n) is 4.80. The van der Waals surface area contributed by atoms with Gasteiger partial charge in [0.25, 0.3) is 5.91 Å². The van der Waals surface area contributed by atoms with Gasteiger partial charge in [0.15, 0.2) is 0 Å². The largest absolute Gasteiger partial charge is 0.484 e. The smallest absolute Gasteiger partial charge is 0.416 e. The van der Waals surface area contributed by atoms with Gasteiger partial charge in [-0.15, -0.1) is 11.3 Å². The minimum atomic E-state index is -4.53. The van der Waals surface area contributed by atoms with Crippen LogP contribution in [0.5, 0.6) is 5.75 Å². The third-order valence-electron chi connectivity index (χ3n) is 6.80. The Kier molecular flexibility index (Phi) is 7.17. The van der Waals surface area contributed by atoms with Gasteiger partial charge in [0, 0.05) is 24.2 Å². The maximum Gasteiger partial charge on any atom is 0.416 e. The second-order valence-corrected chi connectivity index (χ2v) is 10.6. The number of aromatic nitrogens is 2. The second kappa shape index (κ2) is 10.4. The number of likely N-dealkylation sites (tertiary alicyclic amines) is 1. The fraction of sp³-hybridized carbons (Fsp3) is 0.333. The van der Waals surface area contributed by atoms with Crippen molar-refractivity contribution in [2.75, 3.05) is 13.1 Å². The maximum atomic E-state index is 13.5. The van der Waals surface area contributed by atoms with E-state index in [4.69, 9.17) is 16.2 Å². The number of piperidine rings is 1. The number of rotatable bonds is 7. The molecule has 1 saturated heterocycles. The van der Waals surface area contributed by atoms with E-state index in [0.29, 0.717) is 5.00 Å². The van der Waals surface area contributed by atoms with Crippen LogP contribution in [-0.2, 0) is 12.7 Å². The topological polar surface area (TPSA) is 99.4 Å². The van der Waals surface area contributed by atoms with Gasteiger partial charge in [-0.1, -0.05) is 24.3 Å². The Labute approximate surface area is 221 Å². The molecule has 1 aliphatic rings. The molecule has 1 aliphatic heterocycles. The van der Waals surface area contributed by atoms with Gasteiger partial charge in [0.2, 0.25) is 0 Å². The van der Waals surface area contributed by atoms with E-state index in [-0.39, 0.29) is 22.2 Å². The van der Waals surface area contributed by atoms with Gasteiger partial charge in [-0.05, 0) is 56.6 Å². The molecule has 2 aromatic heterocycles. The van der Waals surface area contributed by atoms with Crippen LogP contribution in [0.15, 0.2) is 54.9 Å². The quantitative estimate of drug-likeness (QED) is 0.331. The molecule has 0 aliphatic carbocycles. The molecule has 11 heteroatoms. The zero-order valence-corrected chi connectivity index (χ0v) is 21.6. The molecule has 1 atom stereocenters. The highest BCUT2D eigenvalue weighted by molar-refractivity contribution is 7.16. The number of carbonyl (C=O) groups excluding carboxylic acids is 1. The number of thiophene rings is 1. The number of fused-ring (bicyclic) bond motifs is 1. The van der Waals surface area contributed by atoms with Gasteiger partial charge in [-0.2, -0.15) is 13.2 Å². The van der Waals surface area contributed by atoms with Crippen molar-refractivity contribution >= 4 is 28.3 Å². The van der Waals surface area contributed by atoms with Crippen molar-refractivity contribution in [1.29, 1.82) is 0 Å². The molecule has 0 spiro atoms. The Balaban J connectivity index is 1.44. The van der Waals surface area contributed by atoms with Gasteiger partial charge in [0.1, 0.15) is 28.1 Å². The minimum absolute atomic E-state index is 0.0282. The number of alkyl halides is 3. The van der Waals surface area contributed by atoms with E-state index >= 15 is 0 Å². The molecule has 5 rings (SSSR count). The summed E-state index contributed by atoms with van der Waals surface area (Å²) in [6, 6.07) is 13.2. The van der Waals surface area contributed by atoms with Crippen LogP contribution in [0.25, 0.3) is 16.0 Å². The third-order valence-corrected chi connectivity index (χ3v) is 7.93. The average molecular weight is 544 g/mol. The van der Waals surface area contributed by atoms with Crippen molar-refractivity contribution in [3.8, 4) is 10.8 Å². The zero-order chi connectivity index (χ0) is 27.0. The summed E-state index contributed by atoms with van der Waals surface area (Å²) >= 11 is 1.11. The standard InChI is InChI=1S/C27H28F3N5O2S/c1-16(19-4-2-3-5-20(19)27(28,29)30)37-23-13-24(38-25(23)26(32)36)35-15-33-21-7-6-17(12-22(21)35)14-34-10-8-18(31)9-11-34/h2-7,12-13,15-16,18H,8-11,14,31H2,1H3,(H2,32,36). The molecular weight excluding hydrogens is 515 g/mol. The summed E-state index contributed by atoms with van der Waals surface area (Å²) in [5.74, 6) is -0.592. The lowest BCUT2D eigenvalue weighted by Crippen LogP contribution is -2.39. The molecule has 4 N–H and O–H groups in total. The molecular formula is C27H28F3N5O2S. The lowest BCUT2D eigenvalue weighted by Gasteiger charge is -2.30. The van der Waals surface area contributed by atoms with Crippen molar-refractivity contribution in [1.82, 2.24) is 14.5 Å². The minimum Gasteiger partial charge on any atom is -0.484 e. The van der Waals surface area contributed by atoms with Crippen molar-refractivity contribution in [3.63, 3.8) is 0 Å². The Morgan fingerprint density at radius 1 is 1.18 bits per heavy atom. The number of carbonyl (C=O) groups is 1. The fourth-order valence-corrected chi connectivity index (χ4v) is 5.73. The molecule has 4 aromatic rings. The highest BCUT2D eigenvalue weighted by Crippen LogP contribution is 2.39. The summed E-state index contributed by atoms with van der Waals surface area (Å²) in [5.41, 5.74) is 13.6. The van der Waals surface area contributed by atoms with Crippen LogP contribution < -0.4 is 16.2 Å². The van der Waals surface area contributed by atoms with Crippen LogP contribution in [0.2, 0.25) is 0 Å². The van der Waals surface area contributed by atoms with Crippen LogP contribution in [0.4, 0.5) is 13.2 Å². The summed E-state index contributed by atoms with van der Waals surface area (Å²) in [6.07, 6.45) is -1.91. The van der Waals surface area contributed by atoms with Gasteiger partial charge >= 0.3 is 6.18 Å². The van der Waals surface area contributed by atoms with E-state index < -0.39 is 23.8 Å². The molecule has 200 valence electrons. The Bertz CT molecular complexity index is 1460. The molecule has 0 radical (unpaired) electrons. The molecule has 1 fully saturated rings. The van der Waals surface area contributed by atoms with Crippen LogP contribution in [0.3, 0.4) is 0 Å². The average Bonchev–Trinajstić information content (AvgIpc) is 3.49. The number of hydrogen-bond acceptors (Lipinski definition) is 6. The molecule has 1 unspecified atom stereocenters. The van der Waals surface area contributed by atoms with Gasteiger partial charge in [0.05, 0.1) is 16.6 Å². The number of nitrogens with two attached hydrogens (primary N) is 2. The van der Waals surface area contributed by atoms with Crippen LogP contribution in [0.1, 0.15) is 52.2 Å². The first-order valence-corrected chi connectivity index (χ1v) is 13.1. The van der Waals surface area contributed by atoms with E-state index in [0.717, 1.165) is 66.5 Å². The monoisotopic (exact) mass is 543 g/mol. The van der Waals surface area contributed by atoms with Crippen LogP contribution in [-0.4, -0.2) is 39.5 Å². The van der Waals surface area contributed by atoms with E-state index in [1.165, 1.54) is 25.1 Å². The number of primary amides is 1. The highest BCUT2D eigenvalue weighted by atomic mass is 32.1. The molecule has 0 bridgehead atoms. The summed E-state index contributed by atoms with van der Waals surface area (Å²) in [7, 11) is 0. The van der Waals surface area contributed by atoms with E-state index in [1.54, 1.807) is 12.4 Å². The Hall–Kier alpha value is -3.41. The number of imidazole rings is 1. The maximum absolute atomic E-state index is 13.5. The normalized spacial score (nSPS) is 16.1. The predicted molar refractivity (Wildman–Crippen MR) is 140 cm³/mol. The number of ether oxygens (including phenoxy) is 1. The van der Waals surface area contributed by atoms with E-state index in [1.807, 2.05) is 16.7 Å². The highest BCUT2D eigenvalue weighted by Gasteiger charge is 2.35. The molecule has 7 nitrogen and oxygen atoms in total. The Morgan fingerprint density at radius 3 is 2.63 bits per heavy atom. The molecule has 1 amide bonds. The first-order chi connectivity index (χ1) is 18.1. The van der Waals surface area contributed by atoms with Crippen molar-refractivity contribution in [2.45, 2.75) is 44.6 Å². The molecule has 2 aromatic carbocycles. The first-order valence-electron chi connectivity index (χ1n) is 12.3. The van der Waals surface area contributed by atoms with E-state index in [2.05, 4.69) is 16.0 Å². The zero-order valence-electron chi connectivity index (χ0n) is 20.7. The predicted octanol–water partition coefficient (Wildman–Crippen LogP) is 5.27. The Morgan fingerprint density at radius 2 is 1.92 bits per heavy atom. The first kappa shape index (κ1) is 26.2. The lowest BCUT2D eigenvalue weighted by atomic mass is 10.0. The third kappa shape index (κ3) is 5.40. The lowest BCUT2D eigenvalue weighted by molar-refractivity contribution is -0.138. The number of hydrogen-bond donors (Lipinski definition) is 2. The summed E-state index contributed by atoms with van der Waals surface area (Å²) in [6.45, 7) is 4.19. The van der Waals surface area contributed by atoms with Crippen molar-refractivity contribution in [2.24, 2.45) is 11.5 Å². The SMILES string of the molecule is CC(Oc1cc(-n2cnc3ccc(CN4CCC(N)CC4)cc32)sc1C(N)=O)c1ccccc1C(F)(F)F. The summed E-state index contributed by atoms with van der Waals surface area (Å²) < 4.78 is 48.4. The van der Waals surface area contributed by atoms with Crippen molar-refractivity contribution in [3.05, 3.63) is 76.4 Å². The van der Waals surface area contributed by atoms with Crippen LogP contribution >= 0.6 is 11.3 Å². The van der Waals surface area contributed by atoms with Gasteiger partial charge in [-0.25, -0.2) is 4.98 Å². The number of halogens is 3. The van der Waals surface area contributed by atoms with Gasteiger partial charge < -0.3 is 16.2 Å².